The van der Waals surface area contributed by atoms with E-state index in [0.717, 1.165) is 23.4 Å². The van der Waals surface area contributed by atoms with Crippen LogP contribution in [0.25, 0.3) is 0 Å². The van der Waals surface area contributed by atoms with Gasteiger partial charge in [-0.15, -0.1) is 11.8 Å². The van der Waals surface area contributed by atoms with Crippen molar-refractivity contribution in [1.82, 2.24) is 9.55 Å². The van der Waals surface area contributed by atoms with Crippen molar-refractivity contribution in [2.75, 3.05) is 7.11 Å². The highest BCUT2D eigenvalue weighted by Crippen LogP contribution is 2.35. The van der Waals surface area contributed by atoms with Crippen LogP contribution in [0.15, 0.2) is 45.2 Å². The molecule has 1 aliphatic heterocycles. The lowest BCUT2D eigenvalue weighted by atomic mass is 10.1. The topological polar surface area (TPSA) is 61.2 Å². The summed E-state index contributed by atoms with van der Waals surface area (Å²) >= 11 is 2.93. The van der Waals surface area contributed by atoms with Crippen molar-refractivity contribution < 1.29 is 9.53 Å². The van der Waals surface area contributed by atoms with E-state index in [1.807, 2.05) is 25.1 Å². The van der Waals surface area contributed by atoms with E-state index in [-0.39, 0.29) is 16.8 Å². The van der Waals surface area contributed by atoms with Gasteiger partial charge in [0.05, 0.1) is 17.7 Å². The average Bonchev–Trinajstić information content (AvgIpc) is 3.06. The Morgan fingerprint density at radius 3 is 2.81 bits per heavy atom. The van der Waals surface area contributed by atoms with Gasteiger partial charge >= 0.3 is 5.97 Å². The zero-order valence-electron chi connectivity index (χ0n) is 15.8. The summed E-state index contributed by atoms with van der Waals surface area (Å²) in [4.78, 5) is 30.7. The Kier molecular flexibility index (Phi) is 6.65. The highest BCUT2D eigenvalue weighted by atomic mass is 32.2. The lowest BCUT2D eigenvalue weighted by Crippen LogP contribution is -2.28. The van der Waals surface area contributed by atoms with Crippen LogP contribution < -0.4 is 5.56 Å². The Hall–Kier alpha value is -1.73. The van der Waals surface area contributed by atoms with Crippen molar-refractivity contribution in [2.45, 2.75) is 60.2 Å². The summed E-state index contributed by atoms with van der Waals surface area (Å²) < 4.78 is 6.63. The molecule has 27 heavy (non-hydrogen) atoms. The van der Waals surface area contributed by atoms with Crippen molar-refractivity contribution in [1.29, 1.82) is 0 Å². The number of carbonyl (C=O) groups excluding carboxylic acids is 1. The summed E-state index contributed by atoms with van der Waals surface area (Å²) in [5.74, 6) is -0.283. The molecule has 0 radical (unpaired) electrons. The number of hydrogen-bond acceptors (Lipinski definition) is 6. The summed E-state index contributed by atoms with van der Waals surface area (Å²) in [6.45, 7) is 4.58. The predicted molar refractivity (Wildman–Crippen MR) is 110 cm³/mol. The first-order valence-electron chi connectivity index (χ1n) is 9.12. The number of carbonyl (C=O) groups is 1. The maximum Gasteiger partial charge on any atom is 0.319 e. The SMILES string of the molecule is CC[C@@H](Sc1nc2c(c(=O)n1CCc1ccccc1)S[C@@H](C)C2)C(=O)OC. The fraction of sp³-hybridized carbons (Fsp3) is 0.450. The van der Waals surface area contributed by atoms with Crippen LogP contribution in [-0.2, 0) is 28.9 Å². The minimum Gasteiger partial charge on any atom is -0.468 e. The van der Waals surface area contributed by atoms with Gasteiger partial charge < -0.3 is 4.74 Å². The molecular formula is C20H24N2O3S2. The molecule has 5 nitrogen and oxygen atoms in total. The first-order valence-corrected chi connectivity index (χ1v) is 10.9. The van der Waals surface area contributed by atoms with Gasteiger partial charge in [0.2, 0.25) is 0 Å². The summed E-state index contributed by atoms with van der Waals surface area (Å²) in [7, 11) is 1.39. The molecule has 0 amide bonds. The number of benzene rings is 1. The molecule has 144 valence electrons. The van der Waals surface area contributed by atoms with E-state index in [2.05, 4.69) is 19.1 Å². The smallest absolute Gasteiger partial charge is 0.319 e. The molecule has 7 heteroatoms. The van der Waals surface area contributed by atoms with E-state index >= 15 is 0 Å². The number of rotatable bonds is 7. The van der Waals surface area contributed by atoms with Crippen LogP contribution >= 0.6 is 23.5 Å². The van der Waals surface area contributed by atoms with Crippen LogP contribution in [0.3, 0.4) is 0 Å². The van der Waals surface area contributed by atoms with Gasteiger partial charge in [-0.05, 0) is 18.4 Å². The Morgan fingerprint density at radius 1 is 1.41 bits per heavy atom. The molecule has 3 rings (SSSR count). The van der Waals surface area contributed by atoms with E-state index < -0.39 is 0 Å². The van der Waals surface area contributed by atoms with E-state index in [0.29, 0.717) is 23.4 Å². The third kappa shape index (κ3) is 4.58. The first kappa shape index (κ1) is 20.0. The molecule has 0 saturated carbocycles. The third-order valence-corrected chi connectivity index (χ3v) is 7.06. The molecule has 0 N–H and O–H groups in total. The van der Waals surface area contributed by atoms with Gasteiger partial charge in [-0.2, -0.15) is 0 Å². The Bertz CT molecular complexity index is 868. The molecule has 0 fully saturated rings. The number of ether oxygens (including phenoxy) is 1. The minimum atomic E-state index is -0.366. The van der Waals surface area contributed by atoms with Crippen molar-refractivity contribution in [3.05, 3.63) is 51.9 Å². The van der Waals surface area contributed by atoms with Gasteiger partial charge in [0.15, 0.2) is 5.16 Å². The second-order valence-corrected chi connectivity index (χ2v) is 9.15. The fourth-order valence-corrected chi connectivity index (χ4v) is 5.26. The van der Waals surface area contributed by atoms with Crippen LogP contribution in [0.5, 0.6) is 0 Å². The molecule has 0 unspecified atom stereocenters. The Morgan fingerprint density at radius 2 is 2.15 bits per heavy atom. The lowest BCUT2D eigenvalue weighted by Gasteiger charge is -2.17. The number of methoxy groups -OCH3 is 1. The van der Waals surface area contributed by atoms with Gasteiger partial charge in [0, 0.05) is 18.2 Å². The summed E-state index contributed by atoms with van der Waals surface area (Å²) in [5, 5.41) is 0.599. The lowest BCUT2D eigenvalue weighted by molar-refractivity contribution is -0.140. The minimum absolute atomic E-state index is 0.00694. The van der Waals surface area contributed by atoms with E-state index in [1.165, 1.54) is 24.4 Å². The van der Waals surface area contributed by atoms with Crippen molar-refractivity contribution in [2.24, 2.45) is 0 Å². The van der Waals surface area contributed by atoms with Gasteiger partial charge in [0.1, 0.15) is 5.25 Å². The van der Waals surface area contributed by atoms with Crippen LogP contribution in [0.1, 0.15) is 31.5 Å². The van der Waals surface area contributed by atoms with Gasteiger partial charge in [-0.1, -0.05) is 55.9 Å². The number of aryl methyl sites for hydroxylation is 1. The van der Waals surface area contributed by atoms with Crippen LogP contribution in [0.4, 0.5) is 0 Å². The summed E-state index contributed by atoms with van der Waals surface area (Å²) in [6.07, 6.45) is 2.15. The number of hydrogen-bond donors (Lipinski definition) is 0. The normalized spacial score (nSPS) is 16.8. The van der Waals surface area contributed by atoms with Crippen molar-refractivity contribution in [3.63, 3.8) is 0 Å². The Labute approximate surface area is 167 Å². The van der Waals surface area contributed by atoms with E-state index in [4.69, 9.17) is 9.72 Å². The number of fused-ring (bicyclic) bond motifs is 1. The third-order valence-electron chi connectivity index (χ3n) is 4.51. The van der Waals surface area contributed by atoms with Gasteiger partial charge in [-0.25, -0.2) is 4.98 Å². The molecule has 0 spiro atoms. The average molecular weight is 405 g/mol. The molecular weight excluding hydrogens is 380 g/mol. The summed E-state index contributed by atoms with van der Waals surface area (Å²) in [5.41, 5.74) is 2.03. The van der Waals surface area contributed by atoms with E-state index in [9.17, 15) is 9.59 Å². The van der Waals surface area contributed by atoms with E-state index in [1.54, 1.807) is 16.3 Å². The highest BCUT2D eigenvalue weighted by molar-refractivity contribution is 8.00. The van der Waals surface area contributed by atoms with Crippen molar-refractivity contribution in [3.8, 4) is 0 Å². The number of esters is 1. The fourth-order valence-electron chi connectivity index (χ4n) is 3.06. The Balaban J connectivity index is 1.94. The summed E-state index contributed by atoms with van der Waals surface area (Å²) in [6, 6.07) is 10.1. The molecule has 0 aliphatic carbocycles. The second-order valence-electron chi connectivity index (χ2n) is 6.53. The molecule has 1 aromatic heterocycles. The first-order chi connectivity index (χ1) is 13.0. The molecule has 0 bridgehead atoms. The largest absolute Gasteiger partial charge is 0.468 e. The predicted octanol–water partition coefficient (Wildman–Crippen LogP) is 3.57. The zero-order chi connectivity index (χ0) is 19.4. The van der Waals surface area contributed by atoms with Crippen LogP contribution in [0, 0.1) is 0 Å². The molecule has 2 heterocycles. The molecule has 2 atom stereocenters. The van der Waals surface area contributed by atoms with Crippen molar-refractivity contribution >= 4 is 29.5 Å². The second kappa shape index (κ2) is 8.97. The molecule has 0 saturated heterocycles. The molecule has 1 aliphatic rings. The number of nitrogens with zero attached hydrogens (tertiary/aromatic N) is 2. The van der Waals surface area contributed by atoms with Crippen LogP contribution in [0.2, 0.25) is 0 Å². The maximum atomic E-state index is 13.1. The molecule has 2 aromatic rings. The maximum absolute atomic E-state index is 13.1. The molecule has 1 aromatic carbocycles. The van der Waals surface area contributed by atoms with Gasteiger partial charge in [0.25, 0.3) is 5.56 Å². The monoisotopic (exact) mass is 404 g/mol. The number of aromatic nitrogens is 2. The van der Waals surface area contributed by atoms with Crippen LogP contribution in [-0.4, -0.2) is 33.1 Å². The highest BCUT2D eigenvalue weighted by Gasteiger charge is 2.28. The quantitative estimate of drug-likeness (QED) is 0.399. The zero-order valence-corrected chi connectivity index (χ0v) is 17.4. The standard InChI is InChI=1S/C20H24N2O3S2/c1-4-16(19(24)25-3)27-20-21-15-12-13(2)26-17(15)18(23)22(20)11-10-14-8-6-5-7-9-14/h5-9,13,16H,4,10-12H2,1-3H3/t13-,16+/m0/s1. The van der Waals surface area contributed by atoms with Gasteiger partial charge in [-0.3, -0.25) is 14.2 Å². The number of thioether (sulfide) groups is 2.